The first-order valence-corrected chi connectivity index (χ1v) is 6.48. The third-order valence-electron chi connectivity index (χ3n) is 5.34. The zero-order chi connectivity index (χ0) is 12.5. The molecule has 0 aromatic carbocycles. The first-order valence-electron chi connectivity index (χ1n) is 6.48. The summed E-state index contributed by atoms with van der Waals surface area (Å²) < 4.78 is 4.99. The predicted molar refractivity (Wildman–Crippen MR) is 59.5 cm³/mol. The number of aliphatic carboxylic acids is 1. The molecule has 2 aliphatic carbocycles. The molecule has 0 radical (unpaired) electrons. The molecule has 2 spiro atoms. The minimum atomic E-state index is -1.52. The quantitative estimate of drug-likeness (QED) is 0.445. The van der Waals surface area contributed by atoms with Gasteiger partial charge in [-0.2, -0.15) is 0 Å². The Labute approximate surface area is 104 Å². The van der Waals surface area contributed by atoms with E-state index in [1.807, 2.05) is 0 Å². The molecule has 2 saturated heterocycles. The van der Waals surface area contributed by atoms with E-state index < -0.39 is 18.2 Å². The molecule has 2 heterocycles. The van der Waals surface area contributed by atoms with E-state index in [-0.39, 0.29) is 5.41 Å². The van der Waals surface area contributed by atoms with Gasteiger partial charge in [-0.3, -0.25) is 5.32 Å². The highest BCUT2D eigenvalue weighted by Crippen LogP contribution is 2.68. The van der Waals surface area contributed by atoms with Crippen molar-refractivity contribution in [3.8, 4) is 0 Å². The van der Waals surface area contributed by atoms with Crippen LogP contribution < -0.4 is 10.6 Å². The summed E-state index contributed by atoms with van der Waals surface area (Å²) in [5.74, 6) is -2.13. The van der Waals surface area contributed by atoms with Gasteiger partial charge in [0.25, 0.3) is 0 Å². The molecule has 98 valence electrons. The Kier molecular flexibility index (Phi) is 1.82. The Hall–Kier alpha value is -1.14. The van der Waals surface area contributed by atoms with Crippen molar-refractivity contribution >= 4 is 11.9 Å². The molecule has 0 amide bonds. The molecule has 6 nitrogen and oxygen atoms in total. The normalized spacial score (nSPS) is 46.1. The van der Waals surface area contributed by atoms with Gasteiger partial charge in [0.05, 0.1) is 0 Å². The third kappa shape index (κ3) is 1.20. The fourth-order valence-corrected chi connectivity index (χ4v) is 3.80. The van der Waals surface area contributed by atoms with Gasteiger partial charge in [-0.05, 0) is 30.6 Å². The molecule has 0 aromatic heterocycles. The number of carbonyl (C=O) groups excluding carboxylic acids is 1. The van der Waals surface area contributed by atoms with Crippen LogP contribution in [0.5, 0.6) is 0 Å². The zero-order valence-electron chi connectivity index (χ0n) is 9.94. The van der Waals surface area contributed by atoms with E-state index in [9.17, 15) is 9.59 Å². The van der Waals surface area contributed by atoms with Gasteiger partial charge in [-0.15, -0.1) is 0 Å². The average molecular weight is 252 g/mol. The maximum Gasteiger partial charge on any atom is 0.418 e. The summed E-state index contributed by atoms with van der Waals surface area (Å²) in [4.78, 5) is 21.6. The monoisotopic (exact) mass is 252 g/mol. The van der Waals surface area contributed by atoms with Crippen molar-refractivity contribution in [2.75, 3.05) is 13.1 Å². The Morgan fingerprint density at radius 2 is 2.00 bits per heavy atom. The highest BCUT2D eigenvalue weighted by Gasteiger charge is 2.73. The van der Waals surface area contributed by atoms with Crippen LogP contribution in [0.2, 0.25) is 0 Å². The maximum atomic E-state index is 11.1. The number of carboxylic acids is 1. The van der Waals surface area contributed by atoms with E-state index in [2.05, 4.69) is 10.6 Å². The molecule has 4 unspecified atom stereocenters. The maximum absolute atomic E-state index is 11.1. The molecule has 4 atom stereocenters. The lowest BCUT2D eigenvalue weighted by molar-refractivity contribution is -0.177. The van der Waals surface area contributed by atoms with Gasteiger partial charge in [0.15, 0.2) is 6.23 Å². The second-order valence-corrected chi connectivity index (χ2v) is 6.24. The van der Waals surface area contributed by atoms with Crippen LogP contribution in [0.15, 0.2) is 0 Å². The predicted octanol–water partition coefficient (Wildman–Crippen LogP) is -0.698. The van der Waals surface area contributed by atoms with Gasteiger partial charge in [0.2, 0.25) is 0 Å². The Morgan fingerprint density at radius 3 is 2.44 bits per heavy atom. The molecule has 2 saturated carbocycles. The number of rotatable bonds is 2. The molecular weight excluding hydrogens is 236 g/mol. The van der Waals surface area contributed by atoms with Crippen molar-refractivity contribution in [1.29, 1.82) is 0 Å². The van der Waals surface area contributed by atoms with Crippen molar-refractivity contribution in [3.05, 3.63) is 0 Å². The number of carbonyl (C=O) groups is 2. The van der Waals surface area contributed by atoms with E-state index in [4.69, 9.17) is 9.84 Å². The molecule has 4 rings (SSSR count). The highest BCUT2D eigenvalue weighted by atomic mass is 16.6. The first-order chi connectivity index (χ1) is 8.57. The SMILES string of the molecule is O=C(O)C(=O)OC1NCC12CC2C1NCC12CC2. The standard InChI is InChI=1S/C12H16N2O4/c15-8(16)9(17)18-10-12(5-14-10)3-6(12)7-11(1-2-11)4-13-7/h6-7,10,13-14H,1-5H2,(H,15,16). The Balaban J connectivity index is 1.41. The number of hydrogen-bond acceptors (Lipinski definition) is 5. The molecular formula is C12H16N2O4. The largest absolute Gasteiger partial charge is 0.473 e. The number of esters is 1. The van der Waals surface area contributed by atoms with Gasteiger partial charge < -0.3 is 15.2 Å². The summed E-state index contributed by atoms with van der Waals surface area (Å²) in [7, 11) is 0. The summed E-state index contributed by atoms with van der Waals surface area (Å²) in [6.45, 7) is 1.96. The molecule has 0 aromatic rings. The first kappa shape index (κ1) is 10.8. The van der Waals surface area contributed by atoms with E-state index >= 15 is 0 Å². The summed E-state index contributed by atoms with van der Waals surface area (Å²) in [6.07, 6.45) is 3.26. The number of hydrogen-bond donors (Lipinski definition) is 3. The molecule has 6 heteroatoms. The van der Waals surface area contributed by atoms with Gasteiger partial charge >= 0.3 is 11.9 Å². The van der Waals surface area contributed by atoms with Crippen LogP contribution in [0.4, 0.5) is 0 Å². The zero-order valence-corrected chi connectivity index (χ0v) is 9.94. The Bertz CT molecular complexity index is 447. The van der Waals surface area contributed by atoms with E-state index in [0.717, 1.165) is 19.5 Å². The van der Waals surface area contributed by atoms with Crippen LogP contribution in [-0.2, 0) is 14.3 Å². The second kappa shape index (κ2) is 3.05. The van der Waals surface area contributed by atoms with E-state index in [1.54, 1.807) is 0 Å². The van der Waals surface area contributed by atoms with Crippen molar-refractivity contribution in [3.63, 3.8) is 0 Å². The van der Waals surface area contributed by atoms with Crippen molar-refractivity contribution in [2.24, 2.45) is 16.7 Å². The lowest BCUT2D eigenvalue weighted by atomic mass is 9.79. The Morgan fingerprint density at radius 1 is 1.22 bits per heavy atom. The highest BCUT2D eigenvalue weighted by molar-refractivity contribution is 6.28. The molecule has 2 aliphatic heterocycles. The summed E-state index contributed by atoms with van der Waals surface area (Å²) in [5.41, 5.74) is 0.546. The van der Waals surface area contributed by atoms with Crippen LogP contribution in [0.1, 0.15) is 19.3 Å². The fourth-order valence-electron chi connectivity index (χ4n) is 3.80. The van der Waals surface area contributed by atoms with E-state index in [0.29, 0.717) is 17.4 Å². The third-order valence-corrected chi connectivity index (χ3v) is 5.34. The number of carboxylic acid groups (broad SMARTS) is 1. The number of ether oxygens (including phenoxy) is 1. The van der Waals surface area contributed by atoms with Crippen LogP contribution in [0.3, 0.4) is 0 Å². The van der Waals surface area contributed by atoms with Crippen molar-refractivity contribution in [1.82, 2.24) is 10.6 Å². The number of nitrogens with one attached hydrogen (secondary N) is 2. The minimum Gasteiger partial charge on any atom is -0.473 e. The van der Waals surface area contributed by atoms with Crippen molar-refractivity contribution in [2.45, 2.75) is 31.5 Å². The van der Waals surface area contributed by atoms with E-state index in [1.165, 1.54) is 12.8 Å². The van der Waals surface area contributed by atoms with Gasteiger partial charge in [-0.25, -0.2) is 9.59 Å². The summed E-state index contributed by atoms with van der Waals surface area (Å²) in [6, 6.07) is 0.561. The molecule has 3 N–H and O–H groups in total. The lowest BCUT2D eigenvalue weighted by Gasteiger charge is -2.45. The average Bonchev–Trinajstić information content (AvgIpc) is 3.13. The summed E-state index contributed by atoms with van der Waals surface area (Å²) in [5, 5.41) is 15.1. The van der Waals surface area contributed by atoms with Crippen LogP contribution in [0.25, 0.3) is 0 Å². The lowest BCUT2D eigenvalue weighted by Crippen LogP contribution is -2.63. The molecule has 0 bridgehead atoms. The van der Waals surface area contributed by atoms with Gasteiger partial charge in [-0.1, -0.05) is 0 Å². The van der Waals surface area contributed by atoms with Crippen LogP contribution in [0, 0.1) is 16.7 Å². The molecule has 4 aliphatic rings. The topological polar surface area (TPSA) is 87.7 Å². The smallest absolute Gasteiger partial charge is 0.418 e. The second-order valence-electron chi connectivity index (χ2n) is 6.24. The van der Waals surface area contributed by atoms with Crippen LogP contribution >= 0.6 is 0 Å². The van der Waals surface area contributed by atoms with Crippen LogP contribution in [-0.4, -0.2) is 42.4 Å². The van der Waals surface area contributed by atoms with Gasteiger partial charge in [0, 0.05) is 24.5 Å². The van der Waals surface area contributed by atoms with Crippen molar-refractivity contribution < 1.29 is 19.4 Å². The fraction of sp³-hybridized carbons (Fsp3) is 0.833. The molecule has 18 heavy (non-hydrogen) atoms. The van der Waals surface area contributed by atoms with Gasteiger partial charge in [0.1, 0.15) is 0 Å². The summed E-state index contributed by atoms with van der Waals surface area (Å²) >= 11 is 0. The molecule has 4 fully saturated rings. The minimum absolute atomic E-state index is 0.0127.